The van der Waals surface area contributed by atoms with Crippen molar-refractivity contribution in [3.8, 4) is 0 Å². The second-order valence-corrected chi connectivity index (χ2v) is 5.25. The number of halogens is 1. The molecule has 1 unspecified atom stereocenters. The summed E-state index contributed by atoms with van der Waals surface area (Å²) in [6, 6.07) is 8.66. The van der Waals surface area contributed by atoms with E-state index in [9.17, 15) is 0 Å². The van der Waals surface area contributed by atoms with Crippen LogP contribution in [0.15, 0.2) is 24.3 Å². The van der Waals surface area contributed by atoms with Gasteiger partial charge < -0.3 is 5.32 Å². The molecule has 1 saturated heterocycles. The second-order valence-electron chi connectivity index (χ2n) is 4.82. The zero-order valence-corrected chi connectivity index (χ0v) is 11.2. The smallest absolute Gasteiger partial charge is 0.0426 e. The lowest BCUT2D eigenvalue weighted by molar-refractivity contribution is 0.167. The fourth-order valence-corrected chi connectivity index (χ4v) is 2.62. The summed E-state index contributed by atoms with van der Waals surface area (Å²) in [5.74, 6) is 0. The van der Waals surface area contributed by atoms with E-state index in [0.29, 0.717) is 0 Å². The van der Waals surface area contributed by atoms with Gasteiger partial charge in [-0.25, -0.2) is 0 Å². The standard InChI is InChI=1S/C14H21ClN2/c1-12-5-2-3-9-17(12)10-8-16-14-7-4-6-13(15)11-14/h4,6-7,11-12,16H,2-3,5,8-10H2,1H3. The van der Waals surface area contributed by atoms with Crippen LogP contribution in [0.25, 0.3) is 0 Å². The van der Waals surface area contributed by atoms with Gasteiger partial charge in [0, 0.05) is 29.8 Å². The minimum Gasteiger partial charge on any atom is -0.384 e. The summed E-state index contributed by atoms with van der Waals surface area (Å²) < 4.78 is 0. The average molecular weight is 253 g/mol. The number of anilines is 1. The predicted molar refractivity (Wildman–Crippen MR) is 74.8 cm³/mol. The molecule has 94 valence electrons. The van der Waals surface area contributed by atoms with Crippen LogP contribution >= 0.6 is 11.6 Å². The third-order valence-corrected chi connectivity index (χ3v) is 3.73. The van der Waals surface area contributed by atoms with Crippen molar-refractivity contribution in [1.82, 2.24) is 4.90 Å². The van der Waals surface area contributed by atoms with E-state index in [0.717, 1.165) is 29.8 Å². The molecule has 0 spiro atoms. The minimum absolute atomic E-state index is 0.741. The highest BCUT2D eigenvalue weighted by Crippen LogP contribution is 2.17. The molecule has 0 amide bonds. The Kier molecular flexibility index (Phi) is 4.69. The summed E-state index contributed by atoms with van der Waals surface area (Å²) in [5, 5.41) is 4.22. The van der Waals surface area contributed by atoms with E-state index in [-0.39, 0.29) is 0 Å². The first-order chi connectivity index (χ1) is 8.25. The Balaban J connectivity index is 1.75. The molecule has 2 rings (SSSR count). The highest BCUT2D eigenvalue weighted by molar-refractivity contribution is 6.30. The van der Waals surface area contributed by atoms with Crippen molar-refractivity contribution in [2.75, 3.05) is 25.0 Å². The Morgan fingerprint density at radius 2 is 2.29 bits per heavy atom. The van der Waals surface area contributed by atoms with Gasteiger partial charge in [-0.2, -0.15) is 0 Å². The Hall–Kier alpha value is -0.730. The van der Waals surface area contributed by atoms with Gasteiger partial charge in [0.25, 0.3) is 0 Å². The van der Waals surface area contributed by atoms with Crippen LogP contribution in [0.5, 0.6) is 0 Å². The molecule has 1 aliphatic rings. The van der Waals surface area contributed by atoms with Gasteiger partial charge in [-0.3, -0.25) is 4.90 Å². The van der Waals surface area contributed by atoms with Crippen LogP contribution < -0.4 is 5.32 Å². The number of hydrogen-bond donors (Lipinski definition) is 1. The molecular formula is C14H21ClN2. The topological polar surface area (TPSA) is 15.3 Å². The number of rotatable bonds is 4. The van der Waals surface area contributed by atoms with Gasteiger partial charge in [-0.15, -0.1) is 0 Å². The van der Waals surface area contributed by atoms with E-state index >= 15 is 0 Å². The molecule has 0 aromatic heterocycles. The fourth-order valence-electron chi connectivity index (χ4n) is 2.43. The van der Waals surface area contributed by atoms with E-state index < -0.39 is 0 Å². The van der Waals surface area contributed by atoms with Crippen LogP contribution in [0.1, 0.15) is 26.2 Å². The molecular weight excluding hydrogens is 232 g/mol. The van der Waals surface area contributed by atoms with E-state index in [1.165, 1.54) is 25.8 Å². The molecule has 1 aliphatic heterocycles. The molecule has 0 radical (unpaired) electrons. The first-order valence-corrected chi connectivity index (χ1v) is 6.87. The number of nitrogens with zero attached hydrogens (tertiary/aromatic N) is 1. The largest absolute Gasteiger partial charge is 0.384 e. The first kappa shape index (κ1) is 12.7. The van der Waals surface area contributed by atoms with Gasteiger partial charge in [0.05, 0.1) is 0 Å². The zero-order valence-electron chi connectivity index (χ0n) is 10.5. The van der Waals surface area contributed by atoms with Crippen molar-refractivity contribution in [2.45, 2.75) is 32.2 Å². The molecule has 1 heterocycles. The molecule has 17 heavy (non-hydrogen) atoms. The van der Waals surface area contributed by atoms with Gasteiger partial charge >= 0.3 is 0 Å². The van der Waals surface area contributed by atoms with Gasteiger partial charge in [0.2, 0.25) is 0 Å². The normalized spacial score (nSPS) is 21.4. The summed E-state index contributed by atoms with van der Waals surface area (Å²) >= 11 is 5.95. The van der Waals surface area contributed by atoms with Crippen molar-refractivity contribution in [2.24, 2.45) is 0 Å². The highest BCUT2D eigenvalue weighted by atomic mass is 35.5. The van der Waals surface area contributed by atoms with Crippen LogP contribution in [0.4, 0.5) is 5.69 Å². The lowest BCUT2D eigenvalue weighted by Crippen LogP contribution is -2.40. The van der Waals surface area contributed by atoms with Crippen molar-refractivity contribution < 1.29 is 0 Å². The summed E-state index contributed by atoms with van der Waals surface area (Å²) in [6.45, 7) is 5.69. The van der Waals surface area contributed by atoms with Crippen molar-refractivity contribution in [3.05, 3.63) is 29.3 Å². The molecule has 1 atom stereocenters. The van der Waals surface area contributed by atoms with Crippen molar-refractivity contribution in [3.63, 3.8) is 0 Å². The van der Waals surface area contributed by atoms with Gasteiger partial charge in [0.1, 0.15) is 0 Å². The van der Waals surface area contributed by atoms with Crippen LogP contribution in [-0.2, 0) is 0 Å². The van der Waals surface area contributed by atoms with E-state index in [4.69, 9.17) is 11.6 Å². The SMILES string of the molecule is CC1CCCCN1CCNc1cccc(Cl)c1. The van der Waals surface area contributed by atoms with Gasteiger partial charge in [-0.1, -0.05) is 24.1 Å². The number of benzene rings is 1. The first-order valence-electron chi connectivity index (χ1n) is 6.49. The number of hydrogen-bond acceptors (Lipinski definition) is 2. The molecule has 1 fully saturated rings. The maximum atomic E-state index is 5.95. The third kappa shape index (κ3) is 3.90. The third-order valence-electron chi connectivity index (χ3n) is 3.49. The lowest BCUT2D eigenvalue weighted by atomic mass is 10.0. The monoisotopic (exact) mass is 252 g/mol. The highest BCUT2D eigenvalue weighted by Gasteiger charge is 2.16. The van der Waals surface area contributed by atoms with E-state index in [2.05, 4.69) is 23.2 Å². The number of likely N-dealkylation sites (tertiary alicyclic amines) is 1. The second kappa shape index (κ2) is 6.27. The Morgan fingerprint density at radius 3 is 3.06 bits per heavy atom. The maximum absolute atomic E-state index is 5.95. The van der Waals surface area contributed by atoms with Crippen LogP contribution in [0.3, 0.4) is 0 Å². The summed E-state index contributed by atoms with van der Waals surface area (Å²) in [5.41, 5.74) is 1.11. The molecule has 1 N–H and O–H groups in total. The predicted octanol–water partition coefficient (Wildman–Crippen LogP) is 3.63. The summed E-state index contributed by atoms with van der Waals surface area (Å²) in [4.78, 5) is 2.57. The molecule has 2 nitrogen and oxygen atoms in total. The molecule has 3 heteroatoms. The summed E-state index contributed by atoms with van der Waals surface area (Å²) in [6.07, 6.45) is 4.08. The van der Waals surface area contributed by atoms with Crippen molar-refractivity contribution in [1.29, 1.82) is 0 Å². The Morgan fingerprint density at radius 1 is 1.41 bits per heavy atom. The van der Waals surface area contributed by atoms with Gasteiger partial charge in [0.15, 0.2) is 0 Å². The minimum atomic E-state index is 0.741. The van der Waals surface area contributed by atoms with Crippen LogP contribution in [-0.4, -0.2) is 30.6 Å². The summed E-state index contributed by atoms with van der Waals surface area (Å²) in [7, 11) is 0. The zero-order chi connectivity index (χ0) is 12.1. The van der Waals surface area contributed by atoms with Crippen LogP contribution in [0, 0.1) is 0 Å². The molecule has 1 aromatic rings. The van der Waals surface area contributed by atoms with Crippen LogP contribution in [0.2, 0.25) is 5.02 Å². The van der Waals surface area contributed by atoms with E-state index in [1.807, 2.05) is 18.2 Å². The van der Waals surface area contributed by atoms with E-state index in [1.54, 1.807) is 0 Å². The Labute approximate surface area is 109 Å². The molecule has 0 bridgehead atoms. The molecule has 0 saturated carbocycles. The Bertz CT molecular complexity index is 354. The van der Waals surface area contributed by atoms with Gasteiger partial charge in [-0.05, 0) is 44.5 Å². The molecule has 1 aromatic carbocycles. The fraction of sp³-hybridized carbons (Fsp3) is 0.571. The number of nitrogens with one attached hydrogen (secondary N) is 1. The van der Waals surface area contributed by atoms with Crippen molar-refractivity contribution >= 4 is 17.3 Å². The average Bonchev–Trinajstić information content (AvgIpc) is 2.32. The maximum Gasteiger partial charge on any atom is 0.0426 e. The quantitative estimate of drug-likeness (QED) is 0.881. The molecule has 0 aliphatic carbocycles. The number of piperidine rings is 1. The lowest BCUT2D eigenvalue weighted by Gasteiger charge is -2.33.